The molecular weight excluding hydrogens is 621 g/mol. The van der Waals surface area contributed by atoms with E-state index in [1.54, 1.807) is 5.57 Å². The third kappa shape index (κ3) is 11.6. The van der Waals surface area contributed by atoms with Gasteiger partial charge in [0, 0.05) is 12.8 Å². The van der Waals surface area contributed by atoms with E-state index < -0.39 is 0 Å². The fraction of sp³-hybridized carbons (Fsp3) is 0.776. The summed E-state index contributed by atoms with van der Waals surface area (Å²) in [7, 11) is 0. The SMILES string of the molecule is CCCCCC=CCC=CCC=CCC=CCCCC(=O)OC1CC[C@@]2(C)C(=CC[C@H]3[C@@H]4CC[C@H]([C@H](C)CC[C@@H](CC)C(C)C)[C@@]4(C)CC[C@@H]32)C1. The molecule has 0 aliphatic heterocycles. The van der Waals surface area contributed by atoms with Crippen molar-refractivity contribution in [1.29, 1.82) is 0 Å². The van der Waals surface area contributed by atoms with Crippen LogP contribution in [0.3, 0.4) is 0 Å². The molecule has 51 heavy (non-hydrogen) atoms. The van der Waals surface area contributed by atoms with Crippen molar-refractivity contribution in [2.75, 3.05) is 0 Å². The highest BCUT2D eigenvalue weighted by atomic mass is 16.5. The largest absolute Gasteiger partial charge is 0.462 e. The second-order valence-electron chi connectivity index (χ2n) is 18.3. The standard InChI is InChI=1S/C49H80O2/c1-8-10-11-12-13-14-15-16-17-18-19-20-21-22-23-24-25-26-47(50)51-42-33-35-48(6)41(37-42)29-30-43-45-32-31-44(49(45,7)36-34-46(43)48)39(5)27-28-40(9-2)38(3)4/h13-14,16-17,19-20,22-23,29,38-40,42-46H,8-12,15,18,21,24-28,30-37H2,1-7H3/t39-,40-,42?,43+,44-,45+,46+,48+,49-/m1/s1. The Kier molecular flexibility index (Phi) is 17.4. The highest BCUT2D eigenvalue weighted by Gasteiger charge is 2.59. The Labute approximate surface area is 316 Å². The monoisotopic (exact) mass is 701 g/mol. The Hall–Kier alpha value is -1.83. The van der Waals surface area contributed by atoms with Crippen molar-refractivity contribution < 1.29 is 9.53 Å². The number of ether oxygens (including phenoxy) is 1. The van der Waals surface area contributed by atoms with Crippen molar-refractivity contribution in [2.45, 2.75) is 189 Å². The van der Waals surface area contributed by atoms with E-state index in [-0.39, 0.29) is 12.1 Å². The molecule has 0 N–H and O–H groups in total. The van der Waals surface area contributed by atoms with Crippen LogP contribution in [0.25, 0.3) is 0 Å². The second kappa shape index (κ2) is 21.2. The van der Waals surface area contributed by atoms with Crippen LogP contribution in [0.5, 0.6) is 0 Å². The molecule has 2 heteroatoms. The molecule has 0 radical (unpaired) electrons. The summed E-state index contributed by atoms with van der Waals surface area (Å²) in [5, 5.41) is 0. The smallest absolute Gasteiger partial charge is 0.306 e. The van der Waals surface area contributed by atoms with Gasteiger partial charge in [0.1, 0.15) is 6.10 Å². The van der Waals surface area contributed by atoms with Gasteiger partial charge < -0.3 is 4.74 Å². The van der Waals surface area contributed by atoms with Crippen molar-refractivity contribution in [2.24, 2.45) is 52.3 Å². The summed E-state index contributed by atoms with van der Waals surface area (Å²) < 4.78 is 6.11. The maximum Gasteiger partial charge on any atom is 0.306 e. The minimum Gasteiger partial charge on any atom is -0.462 e. The summed E-state index contributed by atoms with van der Waals surface area (Å²) in [6.07, 6.45) is 45.7. The summed E-state index contributed by atoms with van der Waals surface area (Å²) >= 11 is 0. The van der Waals surface area contributed by atoms with Crippen molar-refractivity contribution in [1.82, 2.24) is 0 Å². The number of hydrogen-bond acceptors (Lipinski definition) is 2. The lowest BCUT2D eigenvalue weighted by atomic mass is 9.47. The van der Waals surface area contributed by atoms with E-state index in [9.17, 15) is 4.79 Å². The summed E-state index contributed by atoms with van der Waals surface area (Å²) in [5.41, 5.74) is 2.46. The summed E-state index contributed by atoms with van der Waals surface area (Å²) in [4.78, 5) is 12.8. The maximum absolute atomic E-state index is 12.8. The third-order valence-corrected chi connectivity index (χ3v) is 14.8. The lowest BCUT2D eigenvalue weighted by Crippen LogP contribution is -2.51. The number of esters is 1. The van der Waals surface area contributed by atoms with Gasteiger partial charge in [0.25, 0.3) is 0 Å². The number of allylic oxidation sites excluding steroid dienone is 9. The molecule has 9 atom stereocenters. The second-order valence-corrected chi connectivity index (χ2v) is 18.3. The number of carbonyl (C=O) groups is 1. The van der Waals surface area contributed by atoms with Crippen LogP contribution in [-0.4, -0.2) is 12.1 Å². The van der Waals surface area contributed by atoms with Gasteiger partial charge in [-0.15, -0.1) is 0 Å². The van der Waals surface area contributed by atoms with Crippen LogP contribution in [0.15, 0.2) is 60.3 Å². The first-order valence-electron chi connectivity index (χ1n) is 22.1. The van der Waals surface area contributed by atoms with Crippen LogP contribution in [-0.2, 0) is 9.53 Å². The average molecular weight is 701 g/mol. The number of fused-ring (bicyclic) bond motifs is 5. The fourth-order valence-corrected chi connectivity index (χ4v) is 11.6. The zero-order chi connectivity index (χ0) is 36.7. The van der Waals surface area contributed by atoms with E-state index in [4.69, 9.17) is 4.74 Å². The first-order valence-corrected chi connectivity index (χ1v) is 22.1. The predicted molar refractivity (Wildman–Crippen MR) is 220 cm³/mol. The Morgan fingerprint density at radius 2 is 1.47 bits per heavy atom. The van der Waals surface area contributed by atoms with E-state index in [1.807, 2.05) is 0 Å². The minimum absolute atomic E-state index is 0.00646. The summed E-state index contributed by atoms with van der Waals surface area (Å²) in [6, 6.07) is 0. The molecule has 288 valence electrons. The molecule has 2 nitrogen and oxygen atoms in total. The molecule has 0 bridgehead atoms. The zero-order valence-electron chi connectivity index (χ0n) is 34.5. The van der Waals surface area contributed by atoms with Gasteiger partial charge in [-0.25, -0.2) is 0 Å². The molecular formula is C49H80O2. The van der Waals surface area contributed by atoms with Crippen molar-refractivity contribution >= 4 is 5.97 Å². The van der Waals surface area contributed by atoms with Crippen molar-refractivity contribution in [3.63, 3.8) is 0 Å². The van der Waals surface area contributed by atoms with Gasteiger partial charge in [-0.05, 0) is 149 Å². The zero-order valence-corrected chi connectivity index (χ0v) is 34.5. The fourth-order valence-electron chi connectivity index (χ4n) is 11.6. The van der Waals surface area contributed by atoms with Crippen LogP contribution in [0.2, 0.25) is 0 Å². The highest BCUT2D eigenvalue weighted by Crippen LogP contribution is 2.67. The number of hydrogen-bond donors (Lipinski definition) is 0. The van der Waals surface area contributed by atoms with Crippen LogP contribution in [0, 0.1) is 52.3 Å². The van der Waals surface area contributed by atoms with Crippen molar-refractivity contribution in [3.05, 3.63) is 60.3 Å². The molecule has 3 saturated carbocycles. The molecule has 0 aromatic carbocycles. The number of carbonyl (C=O) groups excluding carboxylic acids is 1. The summed E-state index contributed by atoms with van der Waals surface area (Å²) in [5.74, 6) is 6.03. The van der Waals surface area contributed by atoms with Crippen LogP contribution in [0.1, 0.15) is 183 Å². The lowest BCUT2D eigenvalue weighted by Gasteiger charge is -2.58. The normalized spacial score (nSPS) is 32.1. The molecule has 0 amide bonds. The van der Waals surface area contributed by atoms with E-state index in [2.05, 4.69) is 103 Å². The molecule has 4 aliphatic carbocycles. The first kappa shape index (κ1) is 41.9. The molecule has 3 fully saturated rings. The Bertz CT molecular complexity index is 1180. The summed E-state index contributed by atoms with van der Waals surface area (Å²) in [6.45, 7) is 17.4. The number of unbranched alkanes of at least 4 members (excludes halogenated alkanes) is 4. The predicted octanol–water partition coefficient (Wildman–Crippen LogP) is 14.7. The van der Waals surface area contributed by atoms with E-state index in [0.717, 1.165) is 86.4 Å². The van der Waals surface area contributed by atoms with Gasteiger partial charge >= 0.3 is 5.97 Å². The average Bonchev–Trinajstić information content (AvgIpc) is 3.47. The Morgan fingerprint density at radius 1 is 0.804 bits per heavy atom. The molecule has 0 aromatic rings. The molecule has 0 saturated heterocycles. The van der Waals surface area contributed by atoms with E-state index >= 15 is 0 Å². The van der Waals surface area contributed by atoms with Crippen LogP contribution < -0.4 is 0 Å². The third-order valence-electron chi connectivity index (χ3n) is 14.8. The van der Waals surface area contributed by atoms with Gasteiger partial charge in [-0.3, -0.25) is 4.79 Å². The molecule has 1 unspecified atom stereocenters. The highest BCUT2D eigenvalue weighted by molar-refractivity contribution is 5.69. The topological polar surface area (TPSA) is 26.3 Å². The van der Waals surface area contributed by atoms with Gasteiger partial charge in [0.15, 0.2) is 0 Å². The minimum atomic E-state index is 0.00646. The first-order chi connectivity index (χ1) is 24.6. The van der Waals surface area contributed by atoms with Crippen LogP contribution >= 0.6 is 0 Å². The molecule has 4 rings (SSSR count). The Balaban J connectivity index is 1.14. The molecule has 0 heterocycles. The van der Waals surface area contributed by atoms with E-state index in [0.29, 0.717) is 17.3 Å². The van der Waals surface area contributed by atoms with Gasteiger partial charge in [-0.2, -0.15) is 0 Å². The maximum atomic E-state index is 12.8. The van der Waals surface area contributed by atoms with Gasteiger partial charge in [0.05, 0.1) is 0 Å². The van der Waals surface area contributed by atoms with E-state index in [1.165, 1.54) is 83.5 Å². The number of rotatable bonds is 21. The lowest BCUT2D eigenvalue weighted by molar-refractivity contribution is -0.151. The van der Waals surface area contributed by atoms with Gasteiger partial charge in [-0.1, -0.05) is 134 Å². The molecule has 0 spiro atoms. The molecule has 4 aliphatic rings. The van der Waals surface area contributed by atoms with Gasteiger partial charge in [0.2, 0.25) is 0 Å². The quantitative estimate of drug-likeness (QED) is 0.0677. The molecule has 0 aromatic heterocycles. The van der Waals surface area contributed by atoms with Crippen LogP contribution in [0.4, 0.5) is 0 Å². The van der Waals surface area contributed by atoms with Crippen molar-refractivity contribution in [3.8, 4) is 0 Å². The Morgan fingerprint density at radius 3 is 2.12 bits per heavy atom.